The number of aryl methyl sites for hydroxylation is 1. The average molecular weight is 570 g/mol. The zero-order valence-electron chi connectivity index (χ0n) is 24.7. The van der Waals surface area contributed by atoms with E-state index in [4.69, 9.17) is 20.2 Å². The van der Waals surface area contributed by atoms with Gasteiger partial charge in [-0.05, 0) is 65.0 Å². The molecule has 2 aliphatic rings. The molecule has 2 amide bonds. The Kier molecular flexibility index (Phi) is 9.42. The second kappa shape index (κ2) is 12.8. The molecule has 1 saturated heterocycles. The predicted octanol–water partition coefficient (Wildman–Crippen LogP) is 3.66. The number of piperazine rings is 1. The average Bonchev–Trinajstić information content (AvgIpc) is 2.93. The van der Waals surface area contributed by atoms with E-state index in [1.165, 1.54) is 0 Å². The van der Waals surface area contributed by atoms with Gasteiger partial charge in [0.1, 0.15) is 17.2 Å². The summed E-state index contributed by atoms with van der Waals surface area (Å²) in [4.78, 5) is 37.9. The number of rotatable bonds is 8. The molecule has 224 valence electrons. The summed E-state index contributed by atoms with van der Waals surface area (Å²) < 4.78 is 11.2. The largest absolute Gasteiger partial charge is 0.495 e. The maximum atomic E-state index is 12.5. The number of nitrogens with one attached hydrogen (secondary N) is 2. The van der Waals surface area contributed by atoms with Crippen molar-refractivity contribution in [3.63, 3.8) is 0 Å². The molecule has 0 unspecified atom stereocenters. The molecule has 12 heteroatoms. The molecule has 0 bridgehead atoms. The zero-order valence-corrected chi connectivity index (χ0v) is 24.7. The van der Waals surface area contributed by atoms with E-state index in [1.54, 1.807) is 12.0 Å². The molecule has 2 aromatic rings. The summed E-state index contributed by atoms with van der Waals surface area (Å²) >= 11 is 0. The van der Waals surface area contributed by atoms with Crippen molar-refractivity contribution < 1.29 is 24.2 Å². The van der Waals surface area contributed by atoms with E-state index in [1.807, 2.05) is 45.9 Å². The standard InChI is InChI=1S/C29H43N7O5/c1-6-21-26(31-18-7-10-20(37)11-8-18)34-27(24(33-21)25(30)38)32-19-9-12-22(23(17-19)40-5)35-13-15-36(16-14-35)28(39)41-29(2,3)4/h9,12,17-18,20,37H,6-8,10-11,13-16H2,1-5H3,(H2,30,38)(H2,31,32,34)/t18-,20-. The Morgan fingerprint density at radius 2 is 1.76 bits per heavy atom. The van der Waals surface area contributed by atoms with Gasteiger partial charge in [-0.3, -0.25) is 4.79 Å². The number of amides is 2. The summed E-state index contributed by atoms with van der Waals surface area (Å²) in [7, 11) is 1.60. The second-order valence-corrected chi connectivity index (χ2v) is 11.5. The highest BCUT2D eigenvalue weighted by atomic mass is 16.6. The summed E-state index contributed by atoms with van der Waals surface area (Å²) in [6.45, 7) is 9.86. The van der Waals surface area contributed by atoms with Crippen LogP contribution in [0.15, 0.2) is 18.2 Å². The molecule has 1 aliphatic carbocycles. The SMILES string of the molecule is CCc1nc(C(N)=O)c(Nc2ccc(N3CCN(C(=O)OC(C)(C)C)CC3)c(OC)c2)nc1N[C@H]1CC[C@H](O)CC1. The molecule has 1 aromatic heterocycles. The van der Waals surface area contributed by atoms with Gasteiger partial charge >= 0.3 is 6.09 Å². The van der Waals surface area contributed by atoms with Crippen LogP contribution >= 0.6 is 0 Å². The summed E-state index contributed by atoms with van der Waals surface area (Å²) in [6.07, 6.45) is 3.15. The number of nitrogens with two attached hydrogens (primary N) is 1. The fourth-order valence-corrected chi connectivity index (χ4v) is 5.11. The van der Waals surface area contributed by atoms with E-state index in [9.17, 15) is 14.7 Å². The maximum Gasteiger partial charge on any atom is 0.410 e. The highest BCUT2D eigenvalue weighted by molar-refractivity contribution is 5.96. The van der Waals surface area contributed by atoms with E-state index in [2.05, 4.69) is 20.5 Å². The van der Waals surface area contributed by atoms with Crippen LogP contribution in [-0.4, -0.2) is 83.0 Å². The molecular weight excluding hydrogens is 526 g/mol. The maximum absolute atomic E-state index is 12.5. The molecule has 5 N–H and O–H groups in total. The quantitative estimate of drug-likeness (QED) is 0.370. The van der Waals surface area contributed by atoms with E-state index >= 15 is 0 Å². The molecule has 1 aliphatic heterocycles. The van der Waals surface area contributed by atoms with Gasteiger partial charge in [0.15, 0.2) is 11.5 Å². The number of carbonyl (C=O) groups excluding carboxylic acids is 2. The van der Waals surface area contributed by atoms with Crippen molar-refractivity contribution in [2.45, 2.75) is 77.5 Å². The molecule has 1 aromatic carbocycles. The van der Waals surface area contributed by atoms with Crippen molar-refractivity contribution in [1.29, 1.82) is 0 Å². The molecular formula is C29H43N7O5. The number of hydrogen-bond donors (Lipinski definition) is 4. The molecule has 0 atom stereocenters. The number of nitrogens with zero attached hydrogens (tertiary/aromatic N) is 4. The third-order valence-electron chi connectivity index (χ3n) is 7.29. The van der Waals surface area contributed by atoms with Gasteiger partial charge in [-0.2, -0.15) is 0 Å². The van der Waals surface area contributed by atoms with Crippen LogP contribution in [0.4, 0.5) is 27.8 Å². The number of methoxy groups -OCH3 is 1. The smallest absolute Gasteiger partial charge is 0.410 e. The van der Waals surface area contributed by atoms with Gasteiger partial charge in [-0.15, -0.1) is 0 Å². The molecule has 2 fully saturated rings. The van der Waals surface area contributed by atoms with Gasteiger partial charge in [-0.1, -0.05) is 6.92 Å². The van der Waals surface area contributed by atoms with Gasteiger partial charge in [0, 0.05) is 44.0 Å². The number of aliphatic hydroxyl groups is 1. The first kappa shape index (κ1) is 30.2. The Bertz CT molecular complexity index is 1230. The minimum absolute atomic E-state index is 0.0628. The van der Waals surface area contributed by atoms with Crippen molar-refractivity contribution in [2.75, 3.05) is 48.8 Å². The topological polar surface area (TPSA) is 155 Å². The Morgan fingerprint density at radius 3 is 2.34 bits per heavy atom. The van der Waals surface area contributed by atoms with Gasteiger partial charge in [-0.25, -0.2) is 14.8 Å². The lowest BCUT2D eigenvalue weighted by Gasteiger charge is -2.37. The van der Waals surface area contributed by atoms with Crippen molar-refractivity contribution >= 4 is 35.0 Å². The van der Waals surface area contributed by atoms with Gasteiger partial charge < -0.3 is 40.7 Å². The minimum atomic E-state index is -0.673. The van der Waals surface area contributed by atoms with Crippen LogP contribution in [0.25, 0.3) is 0 Å². The Morgan fingerprint density at radius 1 is 1.07 bits per heavy atom. The second-order valence-electron chi connectivity index (χ2n) is 11.5. The zero-order chi connectivity index (χ0) is 29.7. The Hall–Kier alpha value is -3.80. The van der Waals surface area contributed by atoms with Crippen LogP contribution in [0.1, 0.15) is 69.6 Å². The van der Waals surface area contributed by atoms with Crippen LogP contribution in [0.5, 0.6) is 5.75 Å². The summed E-state index contributed by atoms with van der Waals surface area (Å²) in [5, 5.41) is 16.5. The number of primary amides is 1. The van der Waals surface area contributed by atoms with E-state index in [-0.39, 0.29) is 29.8 Å². The number of benzene rings is 1. The molecule has 12 nitrogen and oxygen atoms in total. The van der Waals surface area contributed by atoms with Crippen molar-refractivity contribution in [1.82, 2.24) is 14.9 Å². The molecule has 4 rings (SSSR count). The Labute approximate surface area is 241 Å². The van der Waals surface area contributed by atoms with Gasteiger partial charge in [0.05, 0.1) is 24.6 Å². The van der Waals surface area contributed by atoms with Crippen LogP contribution in [0.2, 0.25) is 0 Å². The highest BCUT2D eigenvalue weighted by Crippen LogP contribution is 2.34. The van der Waals surface area contributed by atoms with Gasteiger partial charge in [0.25, 0.3) is 5.91 Å². The number of anilines is 4. The van der Waals surface area contributed by atoms with Crippen LogP contribution in [0.3, 0.4) is 0 Å². The van der Waals surface area contributed by atoms with Crippen LogP contribution in [0, 0.1) is 0 Å². The fourth-order valence-electron chi connectivity index (χ4n) is 5.11. The third-order valence-corrected chi connectivity index (χ3v) is 7.29. The third kappa shape index (κ3) is 7.69. The van der Waals surface area contributed by atoms with Crippen molar-refractivity contribution in [3.8, 4) is 5.75 Å². The minimum Gasteiger partial charge on any atom is -0.495 e. The first-order valence-electron chi connectivity index (χ1n) is 14.3. The summed E-state index contributed by atoms with van der Waals surface area (Å²) in [6, 6.07) is 5.83. The summed E-state index contributed by atoms with van der Waals surface area (Å²) in [5.74, 6) is 0.828. The van der Waals surface area contributed by atoms with Crippen LogP contribution in [-0.2, 0) is 11.2 Å². The molecule has 0 radical (unpaired) electrons. The number of carbonyl (C=O) groups is 2. The van der Waals surface area contributed by atoms with E-state index in [0.717, 1.165) is 31.4 Å². The number of aromatic nitrogens is 2. The van der Waals surface area contributed by atoms with Crippen LogP contribution < -0.4 is 26.0 Å². The van der Waals surface area contributed by atoms with Gasteiger partial charge in [0.2, 0.25) is 0 Å². The van der Waals surface area contributed by atoms with E-state index < -0.39 is 11.5 Å². The molecule has 0 spiro atoms. The monoisotopic (exact) mass is 569 g/mol. The lowest BCUT2D eigenvalue weighted by atomic mass is 9.93. The Balaban J connectivity index is 1.51. The van der Waals surface area contributed by atoms with Crippen molar-refractivity contribution in [3.05, 3.63) is 29.6 Å². The number of ether oxygens (including phenoxy) is 2. The lowest BCUT2D eigenvalue weighted by molar-refractivity contribution is 0.0240. The molecule has 41 heavy (non-hydrogen) atoms. The normalized spacial score (nSPS) is 19.5. The summed E-state index contributed by atoms with van der Waals surface area (Å²) in [5.41, 5.74) is 7.43. The van der Waals surface area contributed by atoms with Crippen molar-refractivity contribution in [2.24, 2.45) is 5.73 Å². The highest BCUT2D eigenvalue weighted by Gasteiger charge is 2.27. The lowest BCUT2D eigenvalue weighted by Crippen LogP contribution is -2.50. The fraction of sp³-hybridized carbons (Fsp3) is 0.586. The molecule has 1 saturated carbocycles. The first-order valence-corrected chi connectivity index (χ1v) is 14.3. The molecule has 2 heterocycles. The first-order chi connectivity index (χ1) is 19.5. The number of hydrogen-bond acceptors (Lipinski definition) is 10. The van der Waals surface area contributed by atoms with E-state index in [0.29, 0.717) is 55.5 Å². The number of aliphatic hydroxyl groups excluding tert-OH is 1. The predicted molar refractivity (Wildman–Crippen MR) is 158 cm³/mol.